The number of carbonyl (C=O) groups excluding carboxylic acids is 1. The molecule has 0 aliphatic carbocycles. The summed E-state index contributed by atoms with van der Waals surface area (Å²) in [5, 5.41) is 5.58. The van der Waals surface area contributed by atoms with Crippen LogP contribution in [0, 0.1) is 6.92 Å². The summed E-state index contributed by atoms with van der Waals surface area (Å²) < 4.78 is 6.13. The summed E-state index contributed by atoms with van der Waals surface area (Å²) in [7, 11) is 3.31. The summed E-state index contributed by atoms with van der Waals surface area (Å²) >= 11 is 3.50. The predicted molar refractivity (Wildman–Crippen MR) is 74.1 cm³/mol. The smallest absolute Gasteiger partial charge is 0.255 e. The molecule has 1 aliphatic heterocycles. The lowest BCUT2D eigenvalue weighted by Crippen LogP contribution is -2.22. The van der Waals surface area contributed by atoms with Crippen LogP contribution in [0.1, 0.15) is 24.0 Å². The number of methoxy groups -OCH3 is 1. The minimum absolute atomic E-state index is 0.00207. The van der Waals surface area contributed by atoms with Crippen LogP contribution in [0.25, 0.3) is 0 Å². The van der Waals surface area contributed by atoms with Crippen molar-refractivity contribution in [1.82, 2.24) is 5.01 Å². The first-order valence-corrected chi connectivity index (χ1v) is 6.41. The molecule has 0 spiro atoms. The van der Waals surface area contributed by atoms with Gasteiger partial charge >= 0.3 is 0 Å². The number of hydrogen-bond acceptors (Lipinski definition) is 3. The molecule has 0 radical (unpaired) electrons. The lowest BCUT2D eigenvalue weighted by Gasteiger charge is -2.15. The quantitative estimate of drug-likeness (QED) is 0.843. The molecule has 0 saturated carbocycles. The van der Waals surface area contributed by atoms with Crippen molar-refractivity contribution < 1.29 is 9.53 Å². The number of rotatable bonds is 2. The fourth-order valence-electron chi connectivity index (χ4n) is 2.19. The Labute approximate surface area is 115 Å². The van der Waals surface area contributed by atoms with Crippen LogP contribution in [0.2, 0.25) is 0 Å². The van der Waals surface area contributed by atoms with E-state index in [4.69, 9.17) is 4.74 Å². The third kappa shape index (κ3) is 2.03. The van der Waals surface area contributed by atoms with E-state index in [1.165, 1.54) is 5.01 Å². The fraction of sp³-hybridized carbons (Fsp3) is 0.385. The van der Waals surface area contributed by atoms with Crippen LogP contribution in [0.3, 0.4) is 0 Å². The largest absolute Gasteiger partial charge is 0.496 e. The van der Waals surface area contributed by atoms with Crippen LogP contribution in [0.4, 0.5) is 0 Å². The first-order valence-electron chi connectivity index (χ1n) is 5.62. The van der Waals surface area contributed by atoms with E-state index in [9.17, 15) is 4.79 Å². The Morgan fingerprint density at radius 3 is 2.56 bits per heavy atom. The maximum atomic E-state index is 12.1. The molecular weight excluding hydrogens is 296 g/mol. The van der Waals surface area contributed by atoms with Gasteiger partial charge < -0.3 is 4.74 Å². The molecule has 0 aromatic heterocycles. The molecule has 5 heteroatoms. The summed E-state index contributed by atoms with van der Waals surface area (Å²) in [4.78, 5) is 12.1. The second-order valence-electron chi connectivity index (χ2n) is 4.38. The fourth-order valence-corrected chi connectivity index (χ4v) is 2.75. The highest BCUT2D eigenvalue weighted by Crippen LogP contribution is 2.35. The van der Waals surface area contributed by atoms with Gasteiger partial charge in [0.15, 0.2) is 0 Å². The number of amides is 1. The number of carbonyl (C=O) groups is 1. The summed E-state index contributed by atoms with van der Waals surface area (Å²) in [5.41, 5.74) is 2.75. The molecule has 1 aromatic carbocycles. The topological polar surface area (TPSA) is 41.9 Å². The molecule has 1 aromatic rings. The first kappa shape index (κ1) is 13.1. The normalized spacial score (nSPS) is 19.2. The number of halogens is 1. The highest BCUT2D eigenvalue weighted by molar-refractivity contribution is 9.10. The zero-order valence-corrected chi connectivity index (χ0v) is 12.4. The highest BCUT2D eigenvalue weighted by Gasteiger charge is 2.34. The zero-order chi connectivity index (χ0) is 13.4. The van der Waals surface area contributed by atoms with Gasteiger partial charge in [-0.1, -0.05) is 22.0 Å². The first-order chi connectivity index (χ1) is 8.45. The van der Waals surface area contributed by atoms with Gasteiger partial charge in [0.25, 0.3) is 5.91 Å². The number of nitrogens with zero attached hydrogens (tertiary/aromatic N) is 2. The van der Waals surface area contributed by atoms with Gasteiger partial charge in [0.2, 0.25) is 0 Å². The Morgan fingerprint density at radius 2 is 2.06 bits per heavy atom. The summed E-state index contributed by atoms with van der Waals surface area (Å²) in [6.45, 7) is 3.84. The van der Waals surface area contributed by atoms with Crippen LogP contribution in [-0.2, 0) is 4.79 Å². The molecule has 0 saturated heterocycles. The van der Waals surface area contributed by atoms with Crippen molar-refractivity contribution in [3.63, 3.8) is 0 Å². The molecule has 0 N–H and O–H groups in total. The van der Waals surface area contributed by atoms with Gasteiger partial charge in [-0.3, -0.25) is 4.79 Å². The maximum absolute atomic E-state index is 12.1. The van der Waals surface area contributed by atoms with Crippen molar-refractivity contribution in [2.75, 3.05) is 14.2 Å². The molecule has 4 nitrogen and oxygen atoms in total. The Hall–Kier alpha value is -1.36. The van der Waals surface area contributed by atoms with E-state index in [2.05, 4.69) is 21.0 Å². The number of hydrogen-bond donors (Lipinski definition) is 0. The maximum Gasteiger partial charge on any atom is 0.255 e. The van der Waals surface area contributed by atoms with E-state index < -0.39 is 0 Å². The molecule has 0 bridgehead atoms. The van der Waals surface area contributed by atoms with Crippen molar-refractivity contribution in [3.05, 3.63) is 27.7 Å². The Bertz CT molecular complexity index is 540. The van der Waals surface area contributed by atoms with Crippen LogP contribution < -0.4 is 4.74 Å². The number of hydrazone groups is 1. The van der Waals surface area contributed by atoms with Crippen LogP contribution >= 0.6 is 15.9 Å². The molecular formula is C13H15BrN2O2. The molecule has 1 aliphatic rings. The van der Waals surface area contributed by atoms with E-state index in [-0.39, 0.29) is 11.8 Å². The Balaban J connectivity index is 2.50. The van der Waals surface area contributed by atoms with Crippen molar-refractivity contribution in [3.8, 4) is 5.75 Å². The van der Waals surface area contributed by atoms with Crippen molar-refractivity contribution in [2.45, 2.75) is 19.8 Å². The van der Waals surface area contributed by atoms with E-state index in [1.54, 1.807) is 14.2 Å². The van der Waals surface area contributed by atoms with E-state index in [1.807, 2.05) is 26.0 Å². The number of benzene rings is 1. The van der Waals surface area contributed by atoms with Crippen molar-refractivity contribution >= 4 is 27.5 Å². The molecule has 1 amide bonds. The van der Waals surface area contributed by atoms with Crippen LogP contribution in [-0.4, -0.2) is 30.8 Å². The second kappa shape index (κ2) is 4.72. The van der Waals surface area contributed by atoms with E-state index >= 15 is 0 Å². The molecule has 0 fully saturated rings. The standard InChI is InChI=1S/C13H15BrN2O2/c1-7-5-9(10(14)6-11(7)18-4)12-8(2)15-16(3)13(12)17/h5-6,12H,1-4H3. The van der Waals surface area contributed by atoms with E-state index in [0.717, 1.165) is 27.1 Å². The Kier molecular flexibility index (Phi) is 3.43. The molecule has 1 unspecified atom stereocenters. The minimum Gasteiger partial charge on any atom is -0.496 e. The van der Waals surface area contributed by atoms with Gasteiger partial charge in [-0.15, -0.1) is 0 Å². The van der Waals surface area contributed by atoms with Gasteiger partial charge in [-0.2, -0.15) is 5.10 Å². The van der Waals surface area contributed by atoms with Gasteiger partial charge in [0, 0.05) is 11.5 Å². The van der Waals surface area contributed by atoms with Crippen molar-refractivity contribution in [2.24, 2.45) is 5.10 Å². The average Bonchev–Trinajstić information content (AvgIpc) is 2.56. The van der Waals surface area contributed by atoms with Gasteiger partial charge in [0.05, 0.1) is 12.8 Å². The lowest BCUT2D eigenvalue weighted by atomic mass is 9.93. The summed E-state index contributed by atoms with van der Waals surface area (Å²) in [6, 6.07) is 3.87. The van der Waals surface area contributed by atoms with Gasteiger partial charge in [-0.25, -0.2) is 5.01 Å². The van der Waals surface area contributed by atoms with Crippen LogP contribution in [0.15, 0.2) is 21.7 Å². The zero-order valence-electron chi connectivity index (χ0n) is 10.8. The molecule has 2 rings (SSSR count). The number of aryl methyl sites for hydroxylation is 1. The van der Waals surface area contributed by atoms with Crippen LogP contribution in [0.5, 0.6) is 5.75 Å². The minimum atomic E-state index is -0.297. The molecule has 1 heterocycles. The molecule has 1 atom stereocenters. The Morgan fingerprint density at radius 1 is 1.39 bits per heavy atom. The van der Waals surface area contributed by atoms with Gasteiger partial charge in [0.1, 0.15) is 11.7 Å². The van der Waals surface area contributed by atoms with Gasteiger partial charge in [-0.05, 0) is 31.0 Å². The monoisotopic (exact) mass is 310 g/mol. The third-order valence-electron chi connectivity index (χ3n) is 3.12. The predicted octanol–water partition coefficient (Wildman–Crippen LogP) is 2.70. The van der Waals surface area contributed by atoms with E-state index in [0.29, 0.717) is 0 Å². The third-order valence-corrected chi connectivity index (χ3v) is 3.80. The summed E-state index contributed by atoms with van der Waals surface area (Å²) in [6.07, 6.45) is 0. The average molecular weight is 311 g/mol. The number of ether oxygens (including phenoxy) is 1. The summed E-state index contributed by atoms with van der Waals surface area (Å²) in [5.74, 6) is 0.505. The number of likely N-dealkylation sites (N-methyl/N-ethyl adjacent to an activating group) is 1. The lowest BCUT2D eigenvalue weighted by molar-refractivity contribution is -0.128. The SMILES string of the molecule is COc1cc(Br)c(C2C(=O)N(C)N=C2C)cc1C. The highest BCUT2D eigenvalue weighted by atomic mass is 79.9. The molecule has 96 valence electrons. The van der Waals surface area contributed by atoms with Crippen molar-refractivity contribution in [1.29, 1.82) is 0 Å². The second-order valence-corrected chi connectivity index (χ2v) is 5.23. The molecule has 18 heavy (non-hydrogen) atoms.